The van der Waals surface area contributed by atoms with Gasteiger partial charge in [-0.3, -0.25) is 0 Å². The van der Waals surface area contributed by atoms with E-state index in [0.29, 0.717) is 10.0 Å². The second-order valence-electron chi connectivity index (χ2n) is 3.49. The molecule has 0 fully saturated rings. The predicted octanol–water partition coefficient (Wildman–Crippen LogP) is 2.64. The fourth-order valence-electron chi connectivity index (χ4n) is 1.21. The Morgan fingerprint density at radius 3 is 2.24 bits per heavy atom. The molecule has 1 aromatic carbocycles. The van der Waals surface area contributed by atoms with Gasteiger partial charge < -0.3 is 5.73 Å². The second kappa shape index (κ2) is 4.42. The Hall–Kier alpha value is -1.47. The van der Waals surface area contributed by atoms with E-state index in [1.54, 1.807) is 6.92 Å². The maximum atomic E-state index is 13.0. The number of rotatable bonds is 2. The SMILES string of the molecule is CC(N)c1nnc(-c2cc(F)c(F)c(F)c2)s1. The third-order valence-corrected chi connectivity index (χ3v) is 3.23. The van der Waals surface area contributed by atoms with Gasteiger partial charge >= 0.3 is 0 Å². The van der Waals surface area contributed by atoms with E-state index in [0.717, 1.165) is 23.5 Å². The highest BCUT2D eigenvalue weighted by atomic mass is 32.1. The molecule has 0 spiro atoms. The van der Waals surface area contributed by atoms with Gasteiger partial charge in [-0.1, -0.05) is 11.3 Å². The largest absolute Gasteiger partial charge is 0.322 e. The molecule has 0 aliphatic heterocycles. The number of aromatic nitrogens is 2. The summed E-state index contributed by atoms with van der Waals surface area (Å²) in [7, 11) is 0. The van der Waals surface area contributed by atoms with Crippen LogP contribution in [0.5, 0.6) is 0 Å². The van der Waals surface area contributed by atoms with Gasteiger partial charge in [-0.15, -0.1) is 10.2 Å². The predicted molar refractivity (Wildman–Crippen MR) is 57.8 cm³/mol. The van der Waals surface area contributed by atoms with Gasteiger partial charge in [0.2, 0.25) is 0 Å². The van der Waals surface area contributed by atoms with Gasteiger partial charge in [-0.05, 0) is 19.1 Å². The molecule has 0 aliphatic rings. The standard InChI is InChI=1S/C10H8F3N3S/c1-4(14)9-15-16-10(17-9)5-2-6(11)8(13)7(12)3-5/h2-4H,14H2,1H3. The van der Waals surface area contributed by atoms with Crippen LogP contribution in [0.4, 0.5) is 13.2 Å². The molecule has 1 aromatic heterocycles. The molecule has 17 heavy (non-hydrogen) atoms. The summed E-state index contributed by atoms with van der Waals surface area (Å²) in [5.74, 6) is -4.00. The lowest BCUT2D eigenvalue weighted by Gasteiger charge is -1.99. The first-order valence-corrected chi connectivity index (χ1v) is 5.54. The smallest absolute Gasteiger partial charge is 0.194 e. The van der Waals surface area contributed by atoms with Gasteiger partial charge in [0.15, 0.2) is 17.5 Å². The van der Waals surface area contributed by atoms with Crippen LogP contribution in [-0.2, 0) is 0 Å². The molecule has 0 bridgehead atoms. The van der Waals surface area contributed by atoms with E-state index >= 15 is 0 Å². The van der Waals surface area contributed by atoms with Crippen molar-refractivity contribution in [2.75, 3.05) is 0 Å². The van der Waals surface area contributed by atoms with Crippen LogP contribution >= 0.6 is 11.3 Å². The van der Waals surface area contributed by atoms with Crippen LogP contribution in [0, 0.1) is 17.5 Å². The summed E-state index contributed by atoms with van der Waals surface area (Å²) in [6.07, 6.45) is 0. The molecule has 1 heterocycles. The number of nitrogens with two attached hydrogens (primary N) is 1. The highest BCUT2D eigenvalue weighted by Crippen LogP contribution is 2.28. The first-order chi connectivity index (χ1) is 7.99. The van der Waals surface area contributed by atoms with E-state index in [-0.39, 0.29) is 11.6 Å². The molecule has 2 N–H and O–H groups in total. The lowest BCUT2D eigenvalue weighted by molar-refractivity contribution is 0.447. The molecule has 0 aliphatic carbocycles. The monoisotopic (exact) mass is 259 g/mol. The normalized spacial score (nSPS) is 12.8. The number of nitrogens with zero attached hydrogens (tertiary/aromatic N) is 2. The quantitative estimate of drug-likeness (QED) is 0.843. The first-order valence-electron chi connectivity index (χ1n) is 4.73. The van der Waals surface area contributed by atoms with Crippen LogP contribution < -0.4 is 5.73 Å². The maximum absolute atomic E-state index is 13.0. The van der Waals surface area contributed by atoms with Gasteiger partial charge in [0.1, 0.15) is 10.0 Å². The molecule has 2 rings (SSSR count). The van der Waals surface area contributed by atoms with Crippen molar-refractivity contribution in [2.45, 2.75) is 13.0 Å². The molecule has 2 aromatic rings. The Labute approximate surface area is 99.1 Å². The van der Waals surface area contributed by atoms with E-state index in [4.69, 9.17) is 5.73 Å². The van der Waals surface area contributed by atoms with Crippen LogP contribution in [0.3, 0.4) is 0 Å². The molecule has 0 radical (unpaired) electrons. The van der Waals surface area contributed by atoms with Gasteiger partial charge in [-0.25, -0.2) is 13.2 Å². The van der Waals surface area contributed by atoms with Crippen molar-refractivity contribution in [3.8, 4) is 10.6 Å². The third-order valence-electron chi connectivity index (χ3n) is 2.06. The summed E-state index contributed by atoms with van der Waals surface area (Å²) in [5, 5.41) is 8.38. The van der Waals surface area contributed by atoms with Crippen LogP contribution in [0.2, 0.25) is 0 Å². The summed E-state index contributed by atoms with van der Waals surface area (Å²) in [6.45, 7) is 1.72. The maximum Gasteiger partial charge on any atom is 0.194 e. The van der Waals surface area contributed by atoms with Crippen molar-refractivity contribution >= 4 is 11.3 Å². The molecule has 0 saturated carbocycles. The van der Waals surface area contributed by atoms with Gasteiger partial charge in [-0.2, -0.15) is 0 Å². The average molecular weight is 259 g/mol. The number of hydrogen-bond acceptors (Lipinski definition) is 4. The summed E-state index contributed by atoms with van der Waals surface area (Å²) in [6, 6.07) is 1.45. The fourth-order valence-corrected chi connectivity index (χ4v) is 2.00. The first kappa shape index (κ1) is 12.0. The van der Waals surface area contributed by atoms with E-state index in [2.05, 4.69) is 10.2 Å². The van der Waals surface area contributed by atoms with Gasteiger partial charge in [0, 0.05) is 5.56 Å². The zero-order valence-electron chi connectivity index (χ0n) is 8.75. The number of benzene rings is 1. The van der Waals surface area contributed by atoms with Crippen molar-refractivity contribution in [3.63, 3.8) is 0 Å². The summed E-state index contributed by atoms with van der Waals surface area (Å²) in [4.78, 5) is 0. The Kier molecular flexibility index (Phi) is 3.12. The zero-order chi connectivity index (χ0) is 12.6. The van der Waals surface area contributed by atoms with Crippen LogP contribution in [0.15, 0.2) is 12.1 Å². The molecular weight excluding hydrogens is 251 g/mol. The van der Waals surface area contributed by atoms with E-state index in [1.807, 2.05) is 0 Å². The Balaban J connectivity index is 2.46. The summed E-state index contributed by atoms with van der Waals surface area (Å²) in [5.41, 5.74) is 5.73. The molecule has 0 amide bonds. The van der Waals surface area contributed by atoms with Crippen molar-refractivity contribution in [2.24, 2.45) is 5.73 Å². The molecule has 1 unspecified atom stereocenters. The highest BCUT2D eigenvalue weighted by molar-refractivity contribution is 7.14. The summed E-state index contributed by atoms with van der Waals surface area (Å²) >= 11 is 1.11. The topological polar surface area (TPSA) is 51.8 Å². The molecule has 3 nitrogen and oxygen atoms in total. The molecule has 7 heteroatoms. The minimum Gasteiger partial charge on any atom is -0.322 e. The van der Waals surface area contributed by atoms with E-state index < -0.39 is 17.5 Å². The van der Waals surface area contributed by atoms with Gasteiger partial charge in [0.25, 0.3) is 0 Å². The number of halogens is 3. The van der Waals surface area contributed by atoms with Crippen LogP contribution in [-0.4, -0.2) is 10.2 Å². The lowest BCUT2D eigenvalue weighted by atomic mass is 10.2. The molecule has 90 valence electrons. The highest BCUT2D eigenvalue weighted by Gasteiger charge is 2.15. The Morgan fingerprint density at radius 1 is 1.18 bits per heavy atom. The van der Waals surface area contributed by atoms with Crippen LogP contribution in [0.1, 0.15) is 18.0 Å². The van der Waals surface area contributed by atoms with Crippen molar-refractivity contribution in [3.05, 3.63) is 34.6 Å². The Morgan fingerprint density at radius 2 is 1.76 bits per heavy atom. The average Bonchev–Trinajstić information content (AvgIpc) is 2.74. The minimum absolute atomic E-state index is 0.144. The molecule has 1 atom stereocenters. The van der Waals surface area contributed by atoms with Crippen LogP contribution in [0.25, 0.3) is 10.6 Å². The van der Waals surface area contributed by atoms with E-state index in [9.17, 15) is 13.2 Å². The van der Waals surface area contributed by atoms with Crippen molar-refractivity contribution in [1.82, 2.24) is 10.2 Å². The molecular formula is C10H8F3N3S. The van der Waals surface area contributed by atoms with Crippen molar-refractivity contribution in [1.29, 1.82) is 0 Å². The molecule has 0 saturated heterocycles. The van der Waals surface area contributed by atoms with Gasteiger partial charge in [0.05, 0.1) is 6.04 Å². The van der Waals surface area contributed by atoms with Crippen molar-refractivity contribution < 1.29 is 13.2 Å². The minimum atomic E-state index is -1.49. The fraction of sp³-hybridized carbons (Fsp3) is 0.200. The third kappa shape index (κ3) is 2.29. The van der Waals surface area contributed by atoms with E-state index in [1.165, 1.54) is 0 Å². The summed E-state index contributed by atoms with van der Waals surface area (Å²) < 4.78 is 38.8. The number of hydrogen-bond donors (Lipinski definition) is 1. The Bertz CT molecular complexity index is 530. The second-order valence-corrected chi connectivity index (χ2v) is 4.50. The zero-order valence-corrected chi connectivity index (χ0v) is 9.56. The lowest BCUT2D eigenvalue weighted by Crippen LogP contribution is -2.03.